The first kappa shape index (κ1) is 18.8. The molecule has 2 aromatic carbocycles. The third-order valence-corrected chi connectivity index (χ3v) is 5.84. The molecular formula is C23H24FN5O. The van der Waals surface area contributed by atoms with E-state index in [2.05, 4.69) is 21.6 Å². The Labute approximate surface area is 174 Å². The van der Waals surface area contributed by atoms with Crippen LogP contribution in [0.4, 0.5) is 21.5 Å². The van der Waals surface area contributed by atoms with Crippen molar-refractivity contribution in [1.82, 2.24) is 10.3 Å². The molecule has 0 bridgehead atoms. The molecule has 2 fully saturated rings. The first-order valence-electron chi connectivity index (χ1n) is 10.3. The van der Waals surface area contributed by atoms with Gasteiger partial charge in [0, 0.05) is 49.0 Å². The summed E-state index contributed by atoms with van der Waals surface area (Å²) in [4.78, 5) is 19.8. The molecule has 0 unspecified atom stereocenters. The van der Waals surface area contributed by atoms with Crippen molar-refractivity contribution >= 4 is 33.9 Å². The minimum Gasteiger partial charge on any atom is -0.397 e. The standard InChI is InChI=1S/C23H24FN5O/c24-17-4-5-18(25)19(12-17)28-23(30)16-11-15-3-6-20(29-9-7-26-8-10-29)21(14-1-2-14)22(15)27-13-16/h3-6,11-14,26H,1-2,7-10,25H2,(H,28,30). The zero-order valence-corrected chi connectivity index (χ0v) is 16.6. The molecule has 3 aromatic rings. The first-order chi connectivity index (χ1) is 14.6. The molecule has 30 heavy (non-hydrogen) atoms. The summed E-state index contributed by atoms with van der Waals surface area (Å²) >= 11 is 0. The van der Waals surface area contributed by atoms with Gasteiger partial charge in [-0.2, -0.15) is 0 Å². The number of amides is 1. The Morgan fingerprint density at radius 1 is 1.17 bits per heavy atom. The van der Waals surface area contributed by atoms with Crippen LogP contribution in [0.25, 0.3) is 10.9 Å². The first-order valence-corrected chi connectivity index (χ1v) is 10.3. The van der Waals surface area contributed by atoms with Crippen LogP contribution in [-0.4, -0.2) is 37.1 Å². The van der Waals surface area contributed by atoms with Gasteiger partial charge in [-0.15, -0.1) is 0 Å². The summed E-state index contributed by atoms with van der Waals surface area (Å²) < 4.78 is 13.5. The molecule has 5 rings (SSSR count). The zero-order chi connectivity index (χ0) is 20.7. The molecule has 2 heterocycles. The van der Waals surface area contributed by atoms with Gasteiger partial charge in [-0.3, -0.25) is 9.78 Å². The number of piperazine rings is 1. The molecule has 6 nitrogen and oxygen atoms in total. The number of hydrogen-bond donors (Lipinski definition) is 3. The molecule has 2 aliphatic rings. The number of halogens is 1. The Morgan fingerprint density at radius 3 is 2.73 bits per heavy atom. The minimum absolute atomic E-state index is 0.257. The normalized spacial score (nSPS) is 16.6. The Hall–Kier alpha value is -3.19. The number of nitrogens with one attached hydrogen (secondary N) is 2. The smallest absolute Gasteiger partial charge is 0.257 e. The number of rotatable bonds is 4. The topological polar surface area (TPSA) is 83.3 Å². The fourth-order valence-corrected chi connectivity index (χ4v) is 4.13. The predicted octanol–water partition coefficient (Wildman–Crippen LogP) is 3.50. The molecular weight excluding hydrogens is 381 g/mol. The van der Waals surface area contributed by atoms with Gasteiger partial charge in [-0.05, 0) is 49.1 Å². The zero-order valence-electron chi connectivity index (χ0n) is 16.6. The van der Waals surface area contributed by atoms with Crippen LogP contribution in [0.15, 0.2) is 42.6 Å². The van der Waals surface area contributed by atoms with Crippen LogP contribution in [0.3, 0.4) is 0 Å². The number of anilines is 3. The van der Waals surface area contributed by atoms with Crippen LogP contribution < -0.4 is 21.3 Å². The number of nitrogens with two attached hydrogens (primary N) is 1. The van der Waals surface area contributed by atoms with Gasteiger partial charge in [0.15, 0.2) is 0 Å². The fourth-order valence-electron chi connectivity index (χ4n) is 4.13. The molecule has 1 saturated heterocycles. The second-order valence-corrected chi connectivity index (χ2v) is 7.99. The van der Waals surface area contributed by atoms with Gasteiger partial charge in [-0.1, -0.05) is 6.07 Å². The number of fused-ring (bicyclic) bond motifs is 1. The van der Waals surface area contributed by atoms with E-state index in [0.29, 0.717) is 17.2 Å². The van der Waals surface area contributed by atoms with E-state index >= 15 is 0 Å². The summed E-state index contributed by atoms with van der Waals surface area (Å²) in [5.74, 6) is -0.274. The van der Waals surface area contributed by atoms with E-state index in [1.54, 1.807) is 6.20 Å². The van der Waals surface area contributed by atoms with Gasteiger partial charge in [-0.25, -0.2) is 4.39 Å². The van der Waals surface area contributed by atoms with E-state index < -0.39 is 5.82 Å². The summed E-state index contributed by atoms with van der Waals surface area (Å²) in [6.45, 7) is 3.94. The van der Waals surface area contributed by atoms with Crippen molar-refractivity contribution in [1.29, 1.82) is 0 Å². The third-order valence-electron chi connectivity index (χ3n) is 5.84. The average molecular weight is 405 g/mol. The quantitative estimate of drug-likeness (QED) is 0.579. The molecule has 7 heteroatoms. The van der Waals surface area contributed by atoms with Crippen molar-refractivity contribution in [3.63, 3.8) is 0 Å². The second-order valence-electron chi connectivity index (χ2n) is 7.99. The summed E-state index contributed by atoms with van der Waals surface area (Å²) in [5.41, 5.74) is 10.4. The number of hydrogen-bond acceptors (Lipinski definition) is 5. The van der Waals surface area contributed by atoms with Crippen molar-refractivity contribution in [2.24, 2.45) is 0 Å². The van der Waals surface area contributed by atoms with E-state index in [4.69, 9.17) is 10.7 Å². The molecule has 0 atom stereocenters. The Morgan fingerprint density at radius 2 is 1.97 bits per heavy atom. The Balaban J connectivity index is 1.48. The number of carbonyl (C=O) groups is 1. The lowest BCUT2D eigenvalue weighted by molar-refractivity contribution is 0.102. The number of nitrogens with zero attached hydrogens (tertiary/aromatic N) is 2. The highest BCUT2D eigenvalue weighted by atomic mass is 19.1. The molecule has 0 spiro atoms. The molecule has 1 aromatic heterocycles. The van der Waals surface area contributed by atoms with Crippen LogP contribution >= 0.6 is 0 Å². The number of aromatic nitrogens is 1. The number of benzene rings is 2. The van der Waals surface area contributed by atoms with Gasteiger partial charge in [0.05, 0.1) is 22.5 Å². The molecule has 1 saturated carbocycles. The molecule has 0 radical (unpaired) electrons. The highest BCUT2D eigenvalue weighted by molar-refractivity contribution is 6.07. The second kappa shape index (κ2) is 7.57. The molecule has 154 valence electrons. The molecule has 1 aliphatic carbocycles. The van der Waals surface area contributed by atoms with Crippen LogP contribution in [0, 0.1) is 5.82 Å². The number of nitrogen functional groups attached to an aromatic ring is 1. The van der Waals surface area contributed by atoms with E-state index in [1.807, 2.05) is 12.1 Å². The van der Waals surface area contributed by atoms with Crippen molar-refractivity contribution in [2.75, 3.05) is 42.1 Å². The summed E-state index contributed by atoms with van der Waals surface area (Å²) in [6, 6.07) is 9.96. The van der Waals surface area contributed by atoms with Gasteiger partial charge in [0.25, 0.3) is 5.91 Å². The van der Waals surface area contributed by atoms with Gasteiger partial charge in [0.1, 0.15) is 5.82 Å². The highest BCUT2D eigenvalue weighted by Crippen LogP contribution is 2.47. The highest BCUT2D eigenvalue weighted by Gasteiger charge is 2.31. The van der Waals surface area contributed by atoms with Crippen LogP contribution in [0.1, 0.15) is 34.7 Å². The molecule has 1 aliphatic heterocycles. The maximum atomic E-state index is 13.5. The maximum absolute atomic E-state index is 13.5. The maximum Gasteiger partial charge on any atom is 0.257 e. The van der Waals surface area contributed by atoms with Crippen molar-refractivity contribution in [3.05, 3.63) is 59.5 Å². The third kappa shape index (κ3) is 3.57. The van der Waals surface area contributed by atoms with E-state index in [1.165, 1.54) is 42.3 Å². The Kier molecular flexibility index (Phi) is 4.75. The van der Waals surface area contributed by atoms with Crippen molar-refractivity contribution in [2.45, 2.75) is 18.8 Å². The largest absolute Gasteiger partial charge is 0.397 e. The number of carbonyl (C=O) groups excluding carboxylic acids is 1. The lowest BCUT2D eigenvalue weighted by Crippen LogP contribution is -2.43. The number of pyridine rings is 1. The van der Waals surface area contributed by atoms with Gasteiger partial charge in [0.2, 0.25) is 0 Å². The average Bonchev–Trinajstić information content (AvgIpc) is 3.61. The summed E-state index contributed by atoms with van der Waals surface area (Å²) in [7, 11) is 0. The van der Waals surface area contributed by atoms with E-state index in [-0.39, 0.29) is 11.6 Å². The monoisotopic (exact) mass is 405 g/mol. The van der Waals surface area contributed by atoms with Crippen molar-refractivity contribution < 1.29 is 9.18 Å². The fraction of sp³-hybridized carbons (Fsp3) is 0.304. The van der Waals surface area contributed by atoms with Crippen molar-refractivity contribution in [3.8, 4) is 0 Å². The van der Waals surface area contributed by atoms with E-state index in [0.717, 1.165) is 37.1 Å². The van der Waals surface area contributed by atoms with Crippen LogP contribution in [0.5, 0.6) is 0 Å². The molecule has 1 amide bonds. The van der Waals surface area contributed by atoms with Crippen LogP contribution in [0.2, 0.25) is 0 Å². The Bertz CT molecular complexity index is 1120. The summed E-state index contributed by atoms with van der Waals surface area (Å²) in [6.07, 6.45) is 3.96. The van der Waals surface area contributed by atoms with Gasteiger partial charge < -0.3 is 21.3 Å². The van der Waals surface area contributed by atoms with Gasteiger partial charge >= 0.3 is 0 Å². The minimum atomic E-state index is -0.453. The predicted molar refractivity (Wildman–Crippen MR) is 118 cm³/mol. The summed E-state index contributed by atoms with van der Waals surface area (Å²) in [5, 5.41) is 7.03. The van der Waals surface area contributed by atoms with Crippen LogP contribution in [-0.2, 0) is 0 Å². The SMILES string of the molecule is Nc1ccc(F)cc1NC(=O)c1cnc2c(C3CC3)c(N3CCNCC3)ccc2c1. The van der Waals surface area contributed by atoms with E-state index in [9.17, 15) is 9.18 Å². The lowest BCUT2D eigenvalue weighted by Gasteiger charge is -2.31. The molecule has 4 N–H and O–H groups in total. The lowest BCUT2D eigenvalue weighted by atomic mass is 10.0.